The van der Waals surface area contributed by atoms with Crippen molar-refractivity contribution in [2.75, 3.05) is 19.6 Å². The summed E-state index contributed by atoms with van der Waals surface area (Å²) in [5.74, 6) is -0.894. The molecule has 0 unspecified atom stereocenters. The van der Waals surface area contributed by atoms with Gasteiger partial charge in [0.25, 0.3) is 0 Å². The van der Waals surface area contributed by atoms with E-state index in [1.807, 2.05) is 13.8 Å². The number of halogens is 3. The van der Waals surface area contributed by atoms with Crippen LogP contribution in [-0.4, -0.2) is 47.8 Å². The maximum atomic E-state index is 12.3. The number of nitrogens with one attached hydrogen (secondary N) is 1. The molecular weight excluding hydrogens is 289 g/mol. The molecule has 0 spiro atoms. The zero-order valence-corrected chi connectivity index (χ0v) is 12.6. The molecule has 0 saturated carbocycles. The topological polar surface area (TPSA) is 69.6 Å². The Morgan fingerprint density at radius 3 is 2.19 bits per heavy atom. The number of carbonyl (C=O) groups is 2. The summed E-state index contributed by atoms with van der Waals surface area (Å²) >= 11 is 0. The molecule has 0 aliphatic carbocycles. The van der Waals surface area contributed by atoms with Gasteiger partial charge < -0.3 is 15.3 Å². The summed E-state index contributed by atoms with van der Waals surface area (Å²) < 4.78 is 36.8. The number of rotatable bonds is 8. The number of urea groups is 1. The van der Waals surface area contributed by atoms with Crippen LogP contribution in [0.4, 0.5) is 18.0 Å². The van der Waals surface area contributed by atoms with Crippen molar-refractivity contribution in [3.8, 4) is 0 Å². The number of carbonyl (C=O) groups excluding carboxylic acids is 1. The summed E-state index contributed by atoms with van der Waals surface area (Å²) in [6.07, 6.45) is -3.46. The molecule has 21 heavy (non-hydrogen) atoms. The lowest BCUT2D eigenvalue weighted by Crippen LogP contribution is -2.45. The van der Waals surface area contributed by atoms with Crippen LogP contribution in [0.5, 0.6) is 0 Å². The standard InChI is InChI=1S/C13H23F3N2O3/c1-4-18(9-13(14,15)16)11(21)17-8-7-12(2,3)6-5-10(19)20/h4-9H2,1-3H3,(H,17,21)(H,19,20). The summed E-state index contributed by atoms with van der Waals surface area (Å²) in [4.78, 5) is 22.8. The third kappa shape index (κ3) is 9.97. The van der Waals surface area contributed by atoms with Crippen molar-refractivity contribution >= 4 is 12.0 Å². The first-order valence-corrected chi connectivity index (χ1v) is 6.78. The van der Waals surface area contributed by atoms with Crippen molar-refractivity contribution in [3.05, 3.63) is 0 Å². The lowest BCUT2D eigenvalue weighted by molar-refractivity contribution is -0.139. The van der Waals surface area contributed by atoms with E-state index >= 15 is 0 Å². The third-order valence-electron chi connectivity index (χ3n) is 3.13. The van der Waals surface area contributed by atoms with Crippen LogP contribution < -0.4 is 5.32 Å². The number of alkyl halides is 3. The summed E-state index contributed by atoms with van der Waals surface area (Å²) in [7, 11) is 0. The van der Waals surface area contributed by atoms with Crippen molar-refractivity contribution in [2.45, 2.75) is 46.2 Å². The van der Waals surface area contributed by atoms with Gasteiger partial charge in [-0.2, -0.15) is 13.2 Å². The lowest BCUT2D eigenvalue weighted by atomic mass is 9.84. The van der Waals surface area contributed by atoms with Gasteiger partial charge in [-0.1, -0.05) is 13.8 Å². The van der Waals surface area contributed by atoms with Crippen LogP contribution in [0, 0.1) is 5.41 Å². The van der Waals surface area contributed by atoms with Crippen LogP contribution in [0.25, 0.3) is 0 Å². The average Bonchev–Trinajstić information content (AvgIpc) is 2.32. The molecule has 0 rings (SSSR count). The summed E-state index contributed by atoms with van der Waals surface area (Å²) in [6.45, 7) is 4.08. The fraction of sp³-hybridized carbons (Fsp3) is 0.846. The molecule has 0 saturated heterocycles. The maximum absolute atomic E-state index is 12.3. The van der Waals surface area contributed by atoms with E-state index in [1.165, 1.54) is 6.92 Å². The van der Waals surface area contributed by atoms with Gasteiger partial charge in [-0.25, -0.2) is 4.79 Å². The number of carboxylic acid groups (broad SMARTS) is 1. The fourth-order valence-corrected chi connectivity index (χ4v) is 1.73. The third-order valence-corrected chi connectivity index (χ3v) is 3.13. The van der Waals surface area contributed by atoms with Gasteiger partial charge in [0.2, 0.25) is 0 Å². The van der Waals surface area contributed by atoms with Crippen LogP contribution in [-0.2, 0) is 4.79 Å². The summed E-state index contributed by atoms with van der Waals surface area (Å²) in [6, 6.07) is -0.760. The number of nitrogens with zero attached hydrogens (tertiary/aromatic N) is 1. The minimum absolute atomic E-state index is 0.0239. The highest BCUT2D eigenvalue weighted by Gasteiger charge is 2.32. The molecule has 2 amide bonds. The Labute approximate surface area is 122 Å². The Morgan fingerprint density at radius 2 is 1.76 bits per heavy atom. The molecule has 0 aliphatic heterocycles. The number of hydrogen-bond acceptors (Lipinski definition) is 2. The van der Waals surface area contributed by atoms with Crippen molar-refractivity contribution in [1.82, 2.24) is 10.2 Å². The van der Waals surface area contributed by atoms with Gasteiger partial charge in [-0.3, -0.25) is 4.79 Å². The van der Waals surface area contributed by atoms with Crippen molar-refractivity contribution in [3.63, 3.8) is 0 Å². The van der Waals surface area contributed by atoms with Crippen LogP contribution in [0.2, 0.25) is 0 Å². The van der Waals surface area contributed by atoms with Gasteiger partial charge in [0, 0.05) is 19.5 Å². The largest absolute Gasteiger partial charge is 0.481 e. The van der Waals surface area contributed by atoms with E-state index in [0.29, 0.717) is 17.7 Å². The number of hydrogen-bond donors (Lipinski definition) is 2. The number of amides is 2. The minimum Gasteiger partial charge on any atom is -0.481 e. The first-order chi connectivity index (χ1) is 9.47. The van der Waals surface area contributed by atoms with E-state index in [9.17, 15) is 22.8 Å². The van der Waals surface area contributed by atoms with Gasteiger partial charge in [-0.05, 0) is 25.2 Å². The highest BCUT2D eigenvalue weighted by atomic mass is 19.4. The molecule has 2 N–H and O–H groups in total. The van der Waals surface area contributed by atoms with E-state index in [2.05, 4.69) is 5.32 Å². The van der Waals surface area contributed by atoms with Crippen molar-refractivity contribution in [1.29, 1.82) is 0 Å². The molecule has 0 heterocycles. The fourth-order valence-electron chi connectivity index (χ4n) is 1.73. The Hall–Kier alpha value is -1.47. The first-order valence-electron chi connectivity index (χ1n) is 6.78. The molecule has 5 nitrogen and oxygen atoms in total. The number of aliphatic carboxylic acids is 1. The Bertz CT molecular complexity index is 357. The lowest BCUT2D eigenvalue weighted by Gasteiger charge is -2.26. The van der Waals surface area contributed by atoms with Gasteiger partial charge in [0.05, 0.1) is 0 Å². The molecule has 8 heteroatoms. The SMILES string of the molecule is CCN(CC(F)(F)F)C(=O)NCCC(C)(C)CCC(=O)O. The van der Waals surface area contributed by atoms with Gasteiger partial charge in [-0.15, -0.1) is 0 Å². The second kappa shape index (κ2) is 8.09. The predicted molar refractivity (Wildman–Crippen MR) is 72.0 cm³/mol. The molecule has 0 aliphatic rings. The van der Waals surface area contributed by atoms with Crippen molar-refractivity contribution in [2.24, 2.45) is 5.41 Å². The zero-order valence-electron chi connectivity index (χ0n) is 12.6. The monoisotopic (exact) mass is 312 g/mol. The summed E-state index contributed by atoms with van der Waals surface area (Å²) in [5.41, 5.74) is -0.299. The number of carboxylic acids is 1. The zero-order chi connectivity index (χ0) is 16.7. The first kappa shape index (κ1) is 19.5. The smallest absolute Gasteiger partial charge is 0.406 e. The molecule has 124 valence electrons. The summed E-state index contributed by atoms with van der Waals surface area (Å²) in [5, 5.41) is 11.1. The highest BCUT2D eigenvalue weighted by molar-refractivity contribution is 5.74. The van der Waals surface area contributed by atoms with Crippen LogP contribution >= 0.6 is 0 Å². The molecule has 0 fully saturated rings. The minimum atomic E-state index is -4.42. The maximum Gasteiger partial charge on any atom is 0.406 e. The van der Waals surface area contributed by atoms with E-state index in [0.717, 1.165) is 0 Å². The second-order valence-electron chi connectivity index (χ2n) is 5.67. The molecule has 0 bridgehead atoms. The van der Waals surface area contributed by atoms with E-state index in [-0.39, 0.29) is 24.9 Å². The van der Waals surface area contributed by atoms with Gasteiger partial charge in [0.15, 0.2) is 0 Å². The van der Waals surface area contributed by atoms with Gasteiger partial charge in [0.1, 0.15) is 6.54 Å². The predicted octanol–water partition coefficient (Wildman–Crippen LogP) is 2.86. The van der Waals surface area contributed by atoms with E-state index in [4.69, 9.17) is 5.11 Å². The highest BCUT2D eigenvalue weighted by Crippen LogP contribution is 2.26. The quantitative estimate of drug-likeness (QED) is 0.724. The van der Waals surface area contributed by atoms with Crippen molar-refractivity contribution < 1.29 is 27.9 Å². The molecular formula is C13H23F3N2O3. The molecule has 0 aromatic carbocycles. The average molecular weight is 312 g/mol. The van der Waals surface area contributed by atoms with Crippen LogP contribution in [0.1, 0.15) is 40.0 Å². The Morgan fingerprint density at radius 1 is 1.19 bits per heavy atom. The van der Waals surface area contributed by atoms with Gasteiger partial charge >= 0.3 is 18.2 Å². The molecule has 0 radical (unpaired) electrons. The molecule has 0 aromatic heterocycles. The van der Waals surface area contributed by atoms with E-state index < -0.39 is 24.7 Å². The molecule has 0 aromatic rings. The van der Waals surface area contributed by atoms with Crippen LogP contribution in [0.3, 0.4) is 0 Å². The van der Waals surface area contributed by atoms with E-state index in [1.54, 1.807) is 0 Å². The Kier molecular flexibility index (Phi) is 7.52. The molecule has 0 atom stereocenters. The normalized spacial score (nSPS) is 12.1. The van der Waals surface area contributed by atoms with Crippen LogP contribution in [0.15, 0.2) is 0 Å². The Balaban J connectivity index is 4.20. The second-order valence-corrected chi connectivity index (χ2v) is 5.67.